The molecule has 0 aliphatic heterocycles. The summed E-state index contributed by atoms with van der Waals surface area (Å²) in [6.45, 7) is 0.351. The second kappa shape index (κ2) is 5.30. The molecule has 1 fully saturated rings. The summed E-state index contributed by atoms with van der Waals surface area (Å²) in [6, 6.07) is 2.37. The monoisotopic (exact) mass is 255 g/mol. The number of rotatable bonds is 4. The first-order valence-electron chi connectivity index (χ1n) is 5.83. The van der Waals surface area contributed by atoms with Gasteiger partial charge in [-0.3, -0.25) is 0 Å². The van der Waals surface area contributed by atoms with Crippen molar-refractivity contribution in [3.63, 3.8) is 0 Å². The maximum Gasteiger partial charge on any atom is 0.319 e. The maximum atomic E-state index is 13.3. The standard InChI is InChI=1S/C12H15F2N3O/c13-8-3-4-10(9(14)5-8)16-12(18)17-11(6-15)7-1-2-7/h3-5,7,11H,1-2,6,15H2,(H2,16,17,18). The van der Waals surface area contributed by atoms with Crippen LogP contribution in [0.5, 0.6) is 0 Å². The van der Waals surface area contributed by atoms with Gasteiger partial charge in [0.2, 0.25) is 0 Å². The largest absolute Gasteiger partial charge is 0.334 e. The summed E-state index contributed by atoms with van der Waals surface area (Å²) in [5.74, 6) is -1.07. The van der Waals surface area contributed by atoms with Crippen LogP contribution in [0, 0.1) is 17.6 Å². The van der Waals surface area contributed by atoms with Gasteiger partial charge < -0.3 is 16.4 Å². The van der Waals surface area contributed by atoms with E-state index in [-0.39, 0.29) is 11.7 Å². The van der Waals surface area contributed by atoms with Crippen LogP contribution in [0.4, 0.5) is 19.3 Å². The molecule has 0 saturated heterocycles. The van der Waals surface area contributed by atoms with E-state index in [1.807, 2.05) is 0 Å². The van der Waals surface area contributed by atoms with Crippen LogP contribution in [0.2, 0.25) is 0 Å². The maximum absolute atomic E-state index is 13.3. The zero-order valence-electron chi connectivity index (χ0n) is 9.75. The van der Waals surface area contributed by atoms with Crippen molar-refractivity contribution in [2.45, 2.75) is 18.9 Å². The van der Waals surface area contributed by atoms with E-state index in [1.165, 1.54) is 6.07 Å². The van der Waals surface area contributed by atoms with Gasteiger partial charge in [0, 0.05) is 18.7 Å². The number of nitrogens with two attached hydrogens (primary N) is 1. The van der Waals surface area contributed by atoms with Gasteiger partial charge in [-0.1, -0.05) is 0 Å². The topological polar surface area (TPSA) is 67.1 Å². The highest BCUT2D eigenvalue weighted by atomic mass is 19.1. The second-order valence-corrected chi connectivity index (χ2v) is 4.40. The Morgan fingerprint density at radius 3 is 2.72 bits per heavy atom. The minimum atomic E-state index is -0.805. The molecule has 0 spiro atoms. The van der Waals surface area contributed by atoms with Crippen LogP contribution >= 0.6 is 0 Å². The third-order valence-electron chi connectivity index (χ3n) is 2.94. The fraction of sp³-hybridized carbons (Fsp3) is 0.417. The van der Waals surface area contributed by atoms with Crippen molar-refractivity contribution in [3.8, 4) is 0 Å². The zero-order chi connectivity index (χ0) is 13.1. The van der Waals surface area contributed by atoms with Crippen LogP contribution in [0.25, 0.3) is 0 Å². The Morgan fingerprint density at radius 1 is 1.44 bits per heavy atom. The van der Waals surface area contributed by atoms with Crippen molar-refractivity contribution >= 4 is 11.7 Å². The lowest BCUT2D eigenvalue weighted by Gasteiger charge is -2.16. The lowest BCUT2D eigenvalue weighted by molar-refractivity contribution is 0.247. The molecule has 1 aromatic carbocycles. The number of nitrogens with one attached hydrogen (secondary N) is 2. The molecule has 4 N–H and O–H groups in total. The number of hydrogen-bond acceptors (Lipinski definition) is 2. The van der Waals surface area contributed by atoms with E-state index in [0.29, 0.717) is 12.5 Å². The van der Waals surface area contributed by atoms with Crippen molar-refractivity contribution < 1.29 is 13.6 Å². The molecule has 18 heavy (non-hydrogen) atoms. The molecule has 0 bridgehead atoms. The van der Waals surface area contributed by atoms with Gasteiger partial charge >= 0.3 is 6.03 Å². The van der Waals surface area contributed by atoms with Gasteiger partial charge in [-0.05, 0) is 30.9 Å². The van der Waals surface area contributed by atoms with E-state index in [2.05, 4.69) is 10.6 Å². The van der Waals surface area contributed by atoms with E-state index in [1.54, 1.807) is 0 Å². The Morgan fingerprint density at radius 2 is 2.17 bits per heavy atom. The summed E-state index contributed by atoms with van der Waals surface area (Å²) in [4.78, 5) is 11.6. The fourth-order valence-corrected chi connectivity index (χ4v) is 1.79. The number of halogens is 2. The molecule has 1 atom stereocenters. The number of carbonyl (C=O) groups excluding carboxylic acids is 1. The summed E-state index contributed by atoms with van der Waals surface area (Å²) in [6.07, 6.45) is 2.10. The Hall–Kier alpha value is -1.69. The molecule has 1 aliphatic rings. The average molecular weight is 255 g/mol. The average Bonchev–Trinajstić information content (AvgIpc) is 3.14. The predicted molar refractivity (Wildman–Crippen MR) is 64.1 cm³/mol. The number of carbonyl (C=O) groups is 1. The molecule has 0 aromatic heterocycles. The summed E-state index contributed by atoms with van der Waals surface area (Å²) < 4.78 is 26.0. The van der Waals surface area contributed by atoms with E-state index < -0.39 is 17.7 Å². The number of benzene rings is 1. The van der Waals surface area contributed by atoms with E-state index in [9.17, 15) is 13.6 Å². The summed E-state index contributed by atoms with van der Waals surface area (Å²) in [5, 5.41) is 5.02. The van der Waals surface area contributed by atoms with Gasteiger partial charge in [0.1, 0.15) is 11.6 Å². The minimum Gasteiger partial charge on any atom is -0.334 e. The molecule has 0 heterocycles. The molecule has 1 unspecified atom stereocenters. The molecule has 2 rings (SSSR count). The first-order chi connectivity index (χ1) is 8.60. The highest BCUT2D eigenvalue weighted by molar-refractivity contribution is 5.89. The minimum absolute atomic E-state index is 0.0551. The SMILES string of the molecule is NCC(NC(=O)Nc1ccc(F)cc1F)C1CC1. The molecule has 1 saturated carbocycles. The Balaban J connectivity index is 1.93. The highest BCUT2D eigenvalue weighted by Crippen LogP contribution is 2.32. The molecular formula is C12H15F2N3O. The number of urea groups is 1. The fourth-order valence-electron chi connectivity index (χ4n) is 1.79. The number of amides is 2. The molecule has 6 heteroatoms. The predicted octanol–water partition coefficient (Wildman–Crippen LogP) is 1.82. The number of hydrogen-bond donors (Lipinski definition) is 3. The van der Waals surface area contributed by atoms with Crippen LogP contribution in [-0.4, -0.2) is 18.6 Å². The van der Waals surface area contributed by atoms with Gasteiger partial charge in [-0.15, -0.1) is 0 Å². The molecule has 1 aliphatic carbocycles. The molecule has 4 nitrogen and oxygen atoms in total. The highest BCUT2D eigenvalue weighted by Gasteiger charge is 2.31. The third kappa shape index (κ3) is 3.16. The van der Waals surface area contributed by atoms with Crippen molar-refractivity contribution in [1.29, 1.82) is 0 Å². The molecule has 1 aromatic rings. The second-order valence-electron chi connectivity index (χ2n) is 4.40. The van der Waals surface area contributed by atoms with E-state index in [0.717, 1.165) is 25.0 Å². The quantitative estimate of drug-likeness (QED) is 0.768. The van der Waals surface area contributed by atoms with E-state index >= 15 is 0 Å². The van der Waals surface area contributed by atoms with E-state index in [4.69, 9.17) is 5.73 Å². The lowest BCUT2D eigenvalue weighted by atomic mass is 10.2. The molecule has 98 valence electrons. The van der Waals surface area contributed by atoms with Gasteiger partial charge in [0.25, 0.3) is 0 Å². The van der Waals surface area contributed by atoms with Crippen LogP contribution < -0.4 is 16.4 Å². The summed E-state index contributed by atoms with van der Waals surface area (Å²) in [5.41, 5.74) is 5.48. The third-order valence-corrected chi connectivity index (χ3v) is 2.94. The Labute approximate surface area is 104 Å². The van der Waals surface area contributed by atoms with Crippen molar-refractivity contribution in [2.24, 2.45) is 11.7 Å². The van der Waals surface area contributed by atoms with Crippen LogP contribution in [-0.2, 0) is 0 Å². The van der Waals surface area contributed by atoms with Gasteiger partial charge in [-0.2, -0.15) is 0 Å². The van der Waals surface area contributed by atoms with Crippen molar-refractivity contribution in [1.82, 2.24) is 5.32 Å². The lowest BCUT2D eigenvalue weighted by Crippen LogP contribution is -2.43. The molecule has 2 amide bonds. The van der Waals surface area contributed by atoms with Crippen LogP contribution in [0.15, 0.2) is 18.2 Å². The Kier molecular flexibility index (Phi) is 3.76. The zero-order valence-corrected chi connectivity index (χ0v) is 9.75. The normalized spacial score (nSPS) is 16.2. The molecule has 0 radical (unpaired) electrons. The van der Waals surface area contributed by atoms with Crippen molar-refractivity contribution in [2.75, 3.05) is 11.9 Å². The van der Waals surface area contributed by atoms with Gasteiger partial charge in [-0.25, -0.2) is 13.6 Å². The number of anilines is 1. The van der Waals surface area contributed by atoms with Gasteiger partial charge in [0.05, 0.1) is 5.69 Å². The molecular weight excluding hydrogens is 240 g/mol. The smallest absolute Gasteiger partial charge is 0.319 e. The first-order valence-corrected chi connectivity index (χ1v) is 5.83. The van der Waals surface area contributed by atoms with Crippen LogP contribution in [0.1, 0.15) is 12.8 Å². The van der Waals surface area contributed by atoms with Crippen LogP contribution in [0.3, 0.4) is 0 Å². The Bertz CT molecular complexity index is 449. The first kappa shape index (κ1) is 12.8. The summed E-state index contributed by atoms with van der Waals surface area (Å²) in [7, 11) is 0. The van der Waals surface area contributed by atoms with Gasteiger partial charge in [0.15, 0.2) is 0 Å². The summed E-state index contributed by atoms with van der Waals surface area (Å²) >= 11 is 0. The van der Waals surface area contributed by atoms with Crippen molar-refractivity contribution in [3.05, 3.63) is 29.8 Å².